The number of aryl methyl sites for hydroxylation is 2. The number of carbonyl (C=O) groups excluding carboxylic acids is 6. The van der Waals surface area contributed by atoms with Gasteiger partial charge in [-0.2, -0.15) is 0 Å². The third-order valence-corrected chi connectivity index (χ3v) is 11.4. The molecule has 2 heterocycles. The highest BCUT2D eigenvalue weighted by molar-refractivity contribution is 7.46. The van der Waals surface area contributed by atoms with Gasteiger partial charge in [0.25, 0.3) is 0 Å². The van der Waals surface area contributed by atoms with Gasteiger partial charge in [0.05, 0.1) is 24.7 Å². The van der Waals surface area contributed by atoms with Gasteiger partial charge in [0.15, 0.2) is 0 Å². The number of rotatable bonds is 28. The van der Waals surface area contributed by atoms with Crippen molar-refractivity contribution >= 4 is 43.3 Å². The first-order valence-corrected chi connectivity index (χ1v) is 23.2. The van der Waals surface area contributed by atoms with Crippen LogP contribution < -0.4 is 27.0 Å². The van der Waals surface area contributed by atoms with Crippen LogP contribution in [0.25, 0.3) is 0 Å². The predicted octanol–water partition coefficient (Wildman–Crippen LogP) is 0.515. The number of hydrogen-bond acceptors (Lipinski definition) is 11. The van der Waals surface area contributed by atoms with Crippen molar-refractivity contribution in [1.29, 1.82) is 0 Å². The minimum absolute atomic E-state index is 0.0876. The van der Waals surface area contributed by atoms with Crippen LogP contribution in [0.4, 0.5) is 0 Å². The molecule has 0 bridgehead atoms. The number of amides is 6. The van der Waals surface area contributed by atoms with Gasteiger partial charge in [-0.05, 0) is 68.9 Å². The number of benzene rings is 1. The Labute approximate surface area is 368 Å². The van der Waals surface area contributed by atoms with E-state index in [9.17, 15) is 48.2 Å². The third kappa shape index (κ3) is 18.5. The number of nitrogens with two attached hydrogens (primary N) is 1. The molecule has 3 rings (SSSR count). The van der Waals surface area contributed by atoms with Crippen molar-refractivity contribution in [2.24, 2.45) is 11.7 Å². The highest BCUT2D eigenvalue weighted by Gasteiger charge is 2.37. The van der Waals surface area contributed by atoms with E-state index in [0.29, 0.717) is 38.0 Å². The number of phosphoric acid groups is 1. The second-order valence-corrected chi connectivity index (χ2v) is 17.7. The van der Waals surface area contributed by atoms with Crippen molar-refractivity contribution in [2.75, 3.05) is 19.8 Å². The predicted molar refractivity (Wildman–Crippen MR) is 231 cm³/mol. The monoisotopic (exact) mass is 906 g/mol. The number of phosphoric ester groups is 1. The molecule has 2 aromatic rings. The molecular formula is C42H67N8O12P. The fourth-order valence-corrected chi connectivity index (χ4v) is 8.02. The molecule has 10 N–H and O–H groups in total. The first kappa shape index (κ1) is 52.6. The van der Waals surface area contributed by atoms with Gasteiger partial charge in [-0.1, -0.05) is 63.8 Å². The molecule has 0 spiro atoms. The van der Waals surface area contributed by atoms with Gasteiger partial charge in [0.1, 0.15) is 30.2 Å². The van der Waals surface area contributed by atoms with E-state index in [0.717, 1.165) is 57.4 Å². The Morgan fingerprint density at radius 1 is 0.841 bits per heavy atom. The molecule has 352 valence electrons. The number of aromatic nitrogens is 2. The van der Waals surface area contributed by atoms with Gasteiger partial charge in [0, 0.05) is 39.2 Å². The van der Waals surface area contributed by atoms with E-state index < -0.39 is 80.3 Å². The number of unbranched alkanes of at least 4 members (excludes halogenated alkanes) is 5. The van der Waals surface area contributed by atoms with E-state index >= 15 is 0 Å². The lowest BCUT2D eigenvalue weighted by atomic mass is 10.0. The van der Waals surface area contributed by atoms with Crippen molar-refractivity contribution < 1.29 is 57.9 Å². The van der Waals surface area contributed by atoms with Crippen molar-refractivity contribution in [3.63, 3.8) is 0 Å². The highest BCUT2D eigenvalue weighted by atomic mass is 31.2. The zero-order valence-electron chi connectivity index (χ0n) is 36.7. The molecule has 1 aromatic carbocycles. The average molecular weight is 907 g/mol. The summed E-state index contributed by atoms with van der Waals surface area (Å²) in [4.78, 5) is 103. The van der Waals surface area contributed by atoms with Gasteiger partial charge in [-0.3, -0.25) is 33.3 Å². The Hall–Kier alpha value is -4.72. The summed E-state index contributed by atoms with van der Waals surface area (Å²) in [6, 6.07) is 1.57. The number of nitrogens with zero attached hydrogens (tertiary/aromatic N) is 3. The SMILES string of the molecule is CC(=O)N1CCC[C@H]1C(=O)N[C@@H](CC(C)C)C(=O)N[C@@H](Cc1cn(CCCCCCCCc2ccc(CCO)cc2)cn1)C(=O)N[C@@H](CO)C(=O)N[C@H](C(N)=O)[C@@H](C)OP(=O)(O)O. The van der Waals surface area contributed by atoms with Crippen LogP contribution in [0, 0.1) is 5.92 Å². The first-order chi connectivity index (χ1) is 29.8. The molecule has 6 atom stereocenters. The summed E-state index contributed by atoms with van der Waals surface area (Å²) in [6.45, 7) is 6.33. The number of primary amides is 1. The molecule has 0 radical (unpaired) electrons. The van der Waals surface area contributed by atoms with E-state index in [2.05, 4.69) is 55.0 Å². The molecule has 1 saturated heterocycles. The highest BCUT2D eigenvalue weighted by Crippen LogP contribution is 2.38. The Bertz CT molecular complexity index is 1860. The maximum Gasteiger partial charge on any atom is 0.469 e. The molecule has 1 aliphatic heterocycles. The summed E-state index contributed by atoms with van der Waals surface area (Å²) >= 11 is 0. The Morgan fingerprint density at radius 3 is 2.02 bits per heavy atom. The Kier molecular flexibility index (Phi) is 21.9. The van der Waals surface area contributed by atoms with Gasteiger partial charge >= 0.3 is 7.82 Å². The standard InChI is InChI=1S/C42H67N8O12P/c1-27(2)22-33(46-42(58)36-13-11-20-50(36)29(4)53)39(55)45-34(40(56)47-35(25-52)41(57)48-37(38(43)54)28(3)62-63(59,60)61)23-32-24-49(26-44-32)19-10-8-6-5-7-9-12-30-14-16-31(17-15-30)18-21-51/h14-17,24,26-28,33-37,51-52H,5-13,18-23,25H2,1-4H3,(H2,43,54)(H,45,55)(H,46,58)(H,47,56)(H,48,57)(H2,59,60,61)/t28-,33+,34+,35+,36+,37+/m1/s1. The minimum Gasteiger partial charge on any atom is -0.396 e. The van der Waals surface area contributed by atoms with Crippen molar-refractivity contribution in [2.45, 2.75) is 148 Å². The van der Waals surface area contributed by atoms with Crippen LogP contribution in [0.15, 0.2) is 36.8 Å². The number of carbonyl (C=O) groups is 6. The summed E-state index contributed by atoms with van der Waals surface area (Å²) < 4.78 is 17.7. The van der Waals surface area contributed by atoms with E-state index in [1.807, 2.05) is 18.4 Å². The number of imidazole rings is 1. The molecule has 1 aromatic heterocycles. The second kappa shape index (κ2) is 26.2. The smallest absolute Gasteiger partial charge is 0.396 e. The molecule has 1 fully saturated rings. The lowest BCUT2D eigenvalue weighted by Gasteiger charge is -2.28. The number of aliphatic hydroxyl groups is 2. The number of aliphatic hydroxyl groups excluding tert-OH is 2. The molecule has 6 amide bonds. The molecule has 63 heavy (non-hydrogen) atoms. The lowest BCUT2D eigenvalue weighted by Crippen LogP contribution is -2.61. The van der Waals surface area contributed by atoms with Crippen LogP contribution in [0.1, 0.15) is 102 Å². The average Bonchev–Trinajstić information content (AvgIpc) is 3.89. The van der Waals surface area contributed by atoms with Gasteiger partial charge in [-0.25, -0.2) is 9.55 Å². The van der Waals surface area contributed by atoms with Crippen LogP contribution in [-0.2, 0) is 63.7 Å². The molecule has 1 aliphatic rings. The van der Waals surface area contributed by atoms with Crippen LogP contribution in [-0.4, -0.2) is 126 Å². The van der Waals surface area contributed by atoms with E-state index in [1.165, 1.54) is 17.4 Å². The van der Waals surface area contributed by atoms with E-state index in [-0.39, 0.29) is 31.3 Å². The topological polar surface area (TPSA) is 305 Å². The fourth-order valence-electron chi connectivity index (χ4n) is 7.46. The van der Waals surface area contributed by atoms with Crippen molar-refractivity contribution in [3.05, 3.63) is 53.6 Å². The molecular weight excluding hydrogens is 839 g/mol. The van der Waals surface area contributed by atoms with E-state index in [4.69, 9.17) is 10.8 Å². The second-order valence-electron chi connectivity index (χ2n) is 16.5. The zero-order chi connectivity index (χ0) is 46.7. The Balaban J connectivity index is 1.69. The summed E-state index contributed by atoms with van der Waals surface area (Å²) in [5.41, 5.74) is 8.16. The lowest BCUT2D eigenvalue weighted by molar-refractivity contribution is -0.139. The van der Waals surface area contributed by atoms with E-state index in [1.54, 1.807) is 12.5 Å². The van der Waals surface area contributed by atoms with Crippen LogP contribution >= 0.6 is 7.82 Å². The number of nitrogens with one attached hydrogen (secondary N) is 4. The Morgan fingerprint density at radius 2 is 1.43 bits per heavy atom. The molecule has 0 unspecified atom stereocenters. The van der Waals surface area contributed by atoms with Gasteiger partial charge < -0.3 is 56.5 Å². The van der Waals surface area contributed by atoms with Crippen molar-refractivity contribution in [1.82, 2.24) is 35.7 Å². The van der Waals surface area contributed by atoms with Gasteiger partial charge in [-0.15, -0.1) is 0 Å². The van der Waals surface area contributed by atoms with Crippen LogP contribution in [0.3, 0.4) is 0 Å². The maximum atomic E-state index is 14.0. The maximum absolute atomic E-state index is 14.0. The quantitative estimate of drug-likeness (QED) is 0.0416. The van der Waals surface area contributed by atoms with Gasteiger partial charge in [0.2, 0.25) is 35.4 Å². The third-order valence-electron chi connectivity index (χ3n) is 10.8. The number of hydrogen-bond donors (Lipinski definition) is 9. The summed E-state index contributed by atoms with van der Waals surface area (Å²) in [6.07, 6.45) is 10.7. The minimum atomic E-state index is -5.11. The molecule has 0 aliphatic carbocycles. The van der Waals surface area contributed by atoms with Crippen LogP contribution in [0.2, 0.25) is 0 Å². The molecule has 0 saturated carbocycles. The summed E-state index contributed by atoms with van der Waals surface area (Å²) in [7, 11) is -5.11. The number of likely N-dealkylation sites (tertiary alicyclic amines) is 1. The zero-order valence-corrected chi connectivity index (χ0v) is 37.6. The summed E-state index contributed by atoms with van der Waals surface area (Å²) in [5, 5.41) is 29.2. The summed E-state index contributed by atoms with van der Waals surface area (Å²) in [5.74, 6) is -4.89. The van der Waals surface area contributed by atoms with Crippen LogP contribution in [0.5, 0.6) is 0 Å². The largest absolute Gasteiger partial charge is 0.469 e. The fraction of sp³-hybridized carbons (Fsp3) is 0.643. The van der Waals surface area contributed by atoms with Crippen molar-refractivity contribution in [3.8, 4) is 0 Å². The molecule has 20 nitrogen and oxygen atoms in total. The first-order valence-electron chi connectivity index (χ1n) is 21.6. The normalized spacial score (nSPS) is 16.5. The molecule has 21 heteroatoms.